The SMILES string of the molecule is CCC(C)(C)C(=O)OC(C)c1ccc(C(F)(F)F)cc1. The first-order valence-corrected chi connectivity index (χ1v) is 6.46. The molecule has 0 fully saturated rings. The van der Waals surface area contributed by atoms with Crippen molar-refractivity contribution < 1.29 is 22.7 Å². The van der Waals surface area contributed by atoms with E-state index in [1.165, 1.54) is 12.1 Å². The maximum atomic E-state index is 12.4. The molecule has 0 bridgehead atoms. The van der Waals surface area contributed by atoms with Gasteiger partial charge in [-0.2, -0.15) is 13.2 Å². The molecule has 0 saturated carbocycles. The largest absolute Gasteiger partial charge is 0.457 e. The van der Waals surface area contributed by atoms with Crippen molar-refractivity contribution in [2.45, 2.75) is 46.4 Å². The predicted molar refractivity (Wildman–Crippen MR) is 70.0 cm³/mol. The second-order valence-electron chi connectivity index (χ2n) is 5.40. The van der Waals surface area contributed by atoms with Crippen LogP contribution in [-0.4, -0.2) is 5.97 Å². The van der Waals surface area contributed by atoms with Crippen molar-refractivity contribution >= 4 is 5.97 Å². The average molecular weight is 288 g/mol. The highest BCUT2D eigenvalue weighted by Crippen LogP contribution is 2.31. The molecule has 1 unspecified atom stereocenters. The average Bonchev–Trinajstić information content (AvgIpc) is 2.37. The summed E-state index contributed by atoms with van der Waals surface area (Å²) in [5.74, 6) is -0.354. The first kappa shape index (κ1) is 16.5. The van der Waals surface area contributed by atoms with Gasteiger partial charge in [0.2, 0.25) is 0 Å². The Kier molecular flexibility index (Phi) is 4.84. The summed E-state index contributed by atoms with van der Waals surface area (Å²) in [7, 11) is 0. The van der Waals surface area contributed by atoms with Crippen molar-refractivity contribution in [3.63, 3.8) is 0 Å². The Bertz CT molecular complexity index is 461. The van der Waals surface area contributed by atoms with Crippen molar-refractivity contribution in [1.82, 2.24) is 0 Å². The van der Waals surface area contributed by atoms with Crippen LogP contribution in [0, 0.1) is 5.41 Å². The number of benzene rings is 1. The van der Waals surface area contributed by atoms with Gasteiger partial charge < -0.3 is 4.74 Å². The Balaban J connectivity index is 2.79. The molecule has 0 heterocycles. The topological polar surface area (TPSA) is 26.3 Å². The van der Waals surface area contributed by atoms with Gasteiger partial charge in [-0.3, -0.25) is 4.79 Å². The molecule has 112 valence electrons. The normalized spacial score (nSPS) is 13.9. The van der Waals surface area contributed by atoms with Crippen LogP contribution in [0.25, 0.3) is 0 Å². The summed E-state index contributed by atoms with van der Waals surface area (Å²) in [6, 6.07) is 4.65. The Morgan fingerprint density at radius 2 is 1.70 bits per heavy atom. The highest BCUT2D eigenvalue weighted by molar-refractivity contribution is 5.76. The summed E-state index contributed by atoms with van der Waals surface area (Å²) < 4.78 is 42.6. The zero-order valence-corrected chi connectivity index (χ0v) is 12.0. The third kappa shape index (κ3) is 3.99. The third-order valence-corrected chi connectivity index (χ3v) is 3.43. The van der Waals surface area contributed by atoms with Crippen molar-refractivity contribution in [1.29, 1.82) is 0 Å². The molecular formula is C15H19F3O2. The highest BCUT2D eigenvalue weighted by Gasteiger charge is 2.31. The number of carbonyl (C=O) groups is 1. The second kappa shape index (κ2) is 5.85. The number of carbonyl (C=O) groups excluding carboxylic acids is 1. The van der Waals surface area contributed by atoms with Gasteiger partial charge >= 0.3 is 12.1 Å². The van der Waals surface area contributed by atoms with Crippen LogP contribution in [0.2, 0.25) is 0 Å². The minimum absolute atomic E-state index is 0.354. The smallest absolute Gasteiger partial charge is 0.416 e. The maximum Gasteiger partial charge on any atom is 0.416 e. The monoisotopic (exact) mass is 288 g/mol. The Morgan fingerprint density at radius 1 is 1.20 bits per heavy atom. The molecule has 1 aromatic rings. The molecule has 0 spiro atoms. The van der Waals surface area contributed by atoms with E-state index in [2.05, 4.69) is 0 Å². The Hall–Kier alpha value is -1.52. The molecule has 0 N–H and O–H groups in total. The van der Waals surface area contributed by atoms with Gasteiger partial charge in [-0.15, -0.1) is 0 Å². The van der Waals surface area contributed by atoms with Gasteiger partial charge in [0.1, 0.15) is 6.10 Å². The fourth-order valence-electron chi connectivity index (χ4n) is 1.48. The van der Waals surface area contributed by atoms with E-state index >= 15 is 0 Å². The molecular weight excluding hydrogens is 269 g/mol. The Labute approximate surface area is 116 Å². The van der Waals surface area contributed by atoms with Crippen LogP contribution < -0.4 is 0 Å². The molecule has 0 radical (unpaired) electrons. The molecule has 1 atom stereocenters. The fourth-order valence-corrected chi connectivity index (χ4v) is 1.48. The number of halogens is 3. The quantitative estimate of drug-likeness (QED) is 0.748. The van der Waals surface area contributed by atoms with Crippen LogP contribution in [0.4, 0.5) is 13.2 Å². The first-order chi connectivity index (χ1) is 9.08. The molecule has 0 aromatic heterocycles. The van der Waals surface area contributed by atoms with Crippen LogP contribution in [0.5, 0.6) is 0 Å². The van der Waals surface area contributed by atoms with Gasteiger partial charge in [0.05, 0.1) is 11.0 Å². The van der Waals surface area contributed by atoms with E-state index in [0.29, 0.717) is 12.0 Å². The number of hydrogen-bond donors (Lipinski definition) is 0. The number of hydrogen-bond acceptors (Lipinski definition) is 2. The molecule has 0 aliphatic rings. The van der Waals surface area contributed by atoms with Crippen LogP contribution in [0.1, 0.15) is 51.3 Å². The van der Waals surface area contributed by atoms with E-state index < -0.39 is 23.3 Å². The van der Waals surface area contributed by atoms with E-state index in [-0.39, 0.29) is 5.97 Å². The van der Waals surface area contributed by atoms with Crippen molar-refractivity contribution in [3.05, 3.63) is 35.4 Å². The molecule has 0 amide bonds. The van der Waals surface area contributed by atoms with E-state index in [4.69, 9.17) is 4.74 Å². The minimum atomic E-state index is -4.36. The van der Waals surface area contributed by atoms with Crippen LogP contribution in [-0.2, 0) is 15.7 Å². The van der Waals surface area contributed by atoms with E-state index in [0.717, 1.165) is 12.1 Å². The Morgan fingerprint density at radius 3 is 2.10 bits per heavy atom. The van der Waals surface area contributed by atoms with Gasteiger partial charge in [0.25, 0.3) is 0 Å². The van der Waals surface area contributed by atoms with Crippen LogP contribution >= 0.6 is 0 Å². The summed E-state index contributed by atoms with van der Waals surface area (Å²) in [4.78, 5) is 11.9. The van der Waals surface area contributed by atoms with Gasteiger partial charge in [-0.25, -0.2) is 0 Å². The first-order valence-electron chi connectivity index (χ1n) is 6.46. The van der Waals surface area contributed by atoms with Crippen molar-refractivity contribution in [3.8, 4) is 0 Å². The highest BCUT2D eigenvalue weighted by atomic mass is 19.4. The zero-order chi connectivity index (χ0) is 15.6. The molecule has 0 aliphatic carbocycles. The van der Waals surface area contributed by atoms with Crippen LogP contribution in [0.15, 0.2) is 24.3 Å². The number of esters is 1. The minimum Gasteiger partial charge on any atom is -0.457 e. The number of alkyl halides is 3. The van der Waals surface area contributed by atoms with Gasteiger partial charge in [-0.1, -0.05) is 19.1 Å². The lowest BCUT2D eigenvalue weighted by molar-refractivity contribution is -0.159. The zero-order valence-electron chi connectivity index (χ0n) is 12.0. The van der Waals surface area contributed by atoms with Gasteiger partial charge in [0.15, 0.2) is 0 Å². The summed E-state index contributed by atoms with van der Waals surface area (Å²) in [6.45, 7) is 7.07. The molecule has 0 saturated heterocycles. The van der Waals surface area contributed by atoms with Crippen molar-refractivity contribution in [2.75, 3.05) is 0 Å². The van der Waals surface area contributed by atoms with E-state index in [9.17, 15) is 18.0 Å². The maximum absolute atomic E-state index is 12.4. The third-order valence-electron chi connectivity index (χ3n) is 3.43. The molecule has 2 nitrogen and oxygen atoms in total. The molecule has 1 rings (SSSR count). The second-order valence-corrected chi connectivity index (χ2v) is 5.40. The summed E-state index contributed by atoms with van der Waals surface area (Å²) in [5.41, 5.74) is -0.771. The number of rotatable bonds is 4. The molecule has 0 aliphatic heterocycles. The lowest BCUT2D eigenvalue weighted by Crippen LogP contribution is -2.26. The lowest BCUT2D eigenvalue weighted by atomic mass is 9.90. The predicted octanol–water partition coefficient (Wildman–Crippen LogP) is 4.75. The van der Waals surface area contributed by atoms with Crippen molar-refractivity contribution in [2.24, 2.45) is 5.41 Å². The summed E-state index contributed by atoms with van der Waals surface area (Å²) >= 11 is 0. The summed E-state index contributed by atoms with van der Waals surface area (Å²) in [5, 5.41) is 0. The molecule has 20 heavy (non-hydrogen) atoms. The summed E-state index contributed by atoms with van der Waals surface area (Å²) in [6.07, 6.45) is -4.30. The van der Waals surface area contributed by atoms with E-state index in [1.54, 1.807) is 20.8 Å². The van der Waals surface area contributed by atoms with Gasteiger partial charge in [0, 0.05) is 0 Å². The molecule has 5 heteroatoms. The standard InChI is InChI=1S/C15H19F3O2/c1-5-14(3,4)13(19)20-10(2)11-6-8-12(9-7-11)15(16,17)18/h6-10H,5H2,1-4H3. The lowest BCUT2D eigenvalue weighted by Gasteiger charge is -2.23. The van der Waals surface area contributed by atoms with Crippen LogP contribution in [0.3, 0.4) is 0 Å². The molecule has 1 aromatic carbocycles. The van der Waals surface area contributed by atoms with Gasteiger partial charge in [-0.05, 0) is 44.9 Å². The van der Waals surface area contributed by atoms with E-state index in [1.807, 2.05) is 6.92 Å². The fraction of sp³-hybridized carbons (Fsp3) is 0.533. The number of ether oxygens (including phenoxy) is 1.